The van der Waals surface area contributed by atoms with Gasteiger partial charge in [0.1, 0.15) is 0 Å². The molecule has 1 aliphatic rings. The van der Waals surface area contributed by atoms with Crippen molar-refractivity contribution in [3.8, 4) is 0 Å². The number of nitrogens with one attached hydrogen (secondary N) is 1. The Bertz CT molecular complexity index is 341. The largest absolute Gasteiger partial charge is 0.369 e. The van der Waals surface area contributed by atoms with Gasteiger partial charge >= 0.3 is 0 Å². The van der Waals surface area contributed by atoms with Crippen LogP contribution in [0.2, 0.25) is 10.0 Å². The third-order valence-electron chi connectivity index (χ3n) is 2.45. The highest BCUT2D eigenvalue weighted by molar-refractivity contribution is 6.35. The highest BCUT2D eigenvalue weighted by Gasteiger charge is 2.14. The maximum atomic E-state index is 13.2. The van der Waals surface area contributed by atoms with Crippen molar-refractivity contribution in [3.63, 3.8) is 0 Å². The predicted molar refractivity (Wildman–Crippen MR) is 61.5 cm³/mol. The summed E-state index contributed by atoms with van der Waals surface area (Å²) in [6, 6.07) is 3.24. The molecule has 0 aromatic heterocycles. The molecular formula is C10H11Cl2FN2. The topological polar surface area (TPSA) is 15.3 Å². The van der Waals surface area contributed by atoms with Crippen LogP contribution < -0.4 is 10.2 Å². The van der Waals surface area contributed by atoms with Crippen molar-refractivity contribution < 1.29 is 4.39 Å². The number of benzene rings is 1. The summed E-state index contributed by atoms with van der Waals surface area (Å²) in [6.45, 7) is 3.62. The minimum absolute atomic E-state index is 0.0797. The van der Waals surface area contributed by atoms with Gasteiger partial charge in [-0.1, -0.05) is 23.2 Å². The lowest BCUT2D eigenvalue weighted by Crippen LogP contribution is -2.43. The van der Waals surface area contributed by atoms with Gasteiger partial charge in [0.25, 0.3) is 0 Å². The first-order chi connectivity index (χ1) is 7.18. The number of hydrogen-bond donors (Lipinski definition) is 1. The number of nitrogens with zero attached hydrogens (tertiary/aromatic N) is 1. The first-order valence-corrected chi connectivity index (χ1v) is 5.54. The molecule has 0 bridgehead atoms. The second-order valence-electron chi connectivity index (χ2n) is 3.46. The van der Waals surface area contributed by atoms with E-state index in [2.05, 4.69) is 10.2 Å². The van der Waals surface area contributed by atoms with Gasteiger partial charge in [-0.05, 0) is 12.1 Å². The van der Waals surface area contributed by atoms with Gasteiger partial charge in [-0.15, -0.1) is 0 Å². The van der Waals surface area contributed by atoms with Crippen LogP contribution in [0.3, 0.4) is 0 Å². The standard InChI is InChI=1S/C10H11Cl2FN2/c11-8-5-7(6-9(12)10(8)13)15-3-1-14-2-4-15/h5-6,14H,1-4H2. The molecule has 0 spiro atoms. The second kappa shape index (κ2) is 4.56. The molecule has 1 fully saturated rings. The van der Waals surface area contributed by atoms with Crippen LogP contribution in [0.15, 0.2) is 12.1 Å². The summed E-state index contributed by atoms with van der Waals surface area (Å²) in [5.74, 6) is -0.544. The Morgan fingerprint density at radius 2 is 1.67 bits per heavy atom. The van der Waals surface area contributed by atoms with E-state index in [4.69, 9.17) is 23.2 Å². The smallest absolute Gasteiger partial charge is 0.160 e. The van der Waals surface area contributed by atoms with Gasteiger partial charge in [0, 0.05) is 31.9 Å². The van der Waals surface area contributed by atoms with Crippen LogP contribution in [0.5, 0.6) is 0 Å². The average molecular weight is 249 g/mol. The van der Waals surface area contributed by atoms with Crippen molar-refractivity contribution >= 4 is 28.9 Å². The van der Waals surface area contributed by atoms with Gasteiger partial charge in [-0.25, -0.2) is 4.39 Å². The number of piperazine rings is 1. The first kappa shape index (κ1) is 11.0. The second-order valence-corrected chi connectivity index (χ2v) is 4.27. The molecule has 1 aromatic rings. The van der Waals surface area contributed by atoms with Crippen molar-refractivity contribution in [2.75, 3.05) is 31.1 Å². The molecule has 1 aromatic carbocycles. The summed E-state index contributed by atoms with van der Waals surface area (Å²) >= 11 is 11.5. The molecule has 1 N–H and O–H groups in total. The molecule has 0 radical (unpaired) electrons. The van der Waals surface area contributed by atoms with E-state index in [1.807, 2.05) is 0 Å². The summed E-state index contributed by atoms with van der Waals surface area (Å²) < 4.78 is 13.2. The molecular weight excluding hydrogens is 238 g/mol. The molecule has 2 nitrogen and oxygen atoms in total. The first-order valence-electron chi connectivity index (χ1n) is 4.78. The normalized spacial score (nSPS) is 16.9. The molecule has 15 heavy (non-hydrogen) atoms. The minimum atomic E-state index is -0.544. The molecule has 82 valence electrons. The van der Waals surface area contributed by atoms with Crippen LogP contribution in [0.25, 0.3) is 0 Å². The molecule has 0 saturated carbocycles. The van der Waals surface area contributed by atoms with Gasteiger partial charge in [-0.3, -0.25) is 0 Å². The maximum absolute atomic E-state index is 13.2. The van der Waals surface area contributed by atoms with Gasteiger partial charge < -0.3 is 10.2 Å². The van der Waals surface area contributed by atoms with Crippen molar-refractivity contribution in [2.24, 2.45) is 0 Å². The summed E-state index contributed by atoms with van der Waals surface area (Å²) in [5.41, 5.74) is 0.882. The van der Waals surface area contributed by atoms with Crippen LogP contribution in [-0.2, 0) is 0 Å². The summed E-state index contributed by atoms with van der Waals surface area (Å²) in [5, 5.41) is 3.40. The van der Waals surface area contributed by atoms with Crippen LogP contribution in [0.4, 0.5) is 10.1 Å². The zero-order valence-corrected chi connectivity index (χ0v) is 9.58. The van der Waals surface area contributed by atoms with E-state index in [1.165, 1.54) is 0 Å². The third-order valence-corrected chi connectivity index (χ3v) is 3.00. The van der Waals surface area contributed by atoms with E-state index in [9.17, 15) is 4.39 Å². The molecule has 5 heteroatoms. The van der Waals surface area contributed by atoms with E-state index in [1.54, 1.807) is 12.1 Å². The Labute approximate surface area is 98.0 Å². The Balaban J connectivity index is 2.27. The van der Waals surface area contributed by atoms with Gasteiger partial charge in [0.2, 0.25) is 0 Å². The average Bonchev–Trinajstić information content (AvgIpc) is 2.26. The van der Waals surface area contributed by atoms with Crippen molar-refractivity contribution in [1.82, 2.24) is 5.32 Å². The Kier molecular flexibility index (Phi) is 3.34. The quantitative estimate of drug-likeness (QED) is 0.769. The maximum Gasteiger partial charge on any atom is 0.160 e. The molecule has 1 saturated heterocycles. The fraction of sp³-hybridized carbons (Fsp3) is 0.400. The van der Waals surface area contributed by atoms with Gasteiger partial charge in [-0.2, -0.15) is 0 Å². The van der Waals surface area contributed by atoms with E-state index in [0.29, 0.717) is 0 Å². The summed E-state index contributed by atoms with van der Waals surface area (Å²) in [4.78, 5) is 2.13. The Morgan fingerprint density at radius 3 is 2.20 bits per heavy atom. The highest BCUT2D eigenvalue weighted by Crippen LogP contribution is 2.29. The molecule has 2 rings (SSSR count). The summed E-state index contributed by atoms with van der Waals surface area (Å²) in [6.07, 6.45) is 0. The van der Waals surface area contributed by atoms with Crippen molar-refractivity contribution in [2.45, 2.75) is 0 Å². The number of hydrogen-bond acceptors (Lipinski definition) is 2. The number of rotatable bonds is 1. The minimum Gasteiger partial charge on any atom is -0.369 e. The molecule has 0 unspecified atom stereocenters. The summed E-state index contributed by atoms with van der Waals surface area (Å²) in [7, 11) is 0. The third kappa shape index (κ3) is 2.36. The van der Waals surface area contributed by atoms with Crippen molar-refractivity contribution in [3.05, 3.63) is 28.0 Å². The Hall–Kier alpha value is -0.510. The SMILES string of the molecule is Fc1c(Cl)cc(N2CCNCC2)cc1Cl. The van der Waals surface area contributed by atoms with Crippen LogP contribution in [0, 0.1) is 5.82 Å². The van der Waals surface area contributed by atoms with E-state index >= 15 is 0 Å². The van der Waals surface area contributed by atoms with Crippen LogP contribution in [-0.4, -0.2) is 26.2 Å². The monoisotopic (exact) mass is 248 g/mol. The number of halogens is 3. The molecule has 0 amide bonds. The molecule has 1 heterocycles. The zero-order valence-electron chi connectivity index (χ0n) is 8.06. The predicted octanol–water partition coefficient (Wildman–Crippen LogP) is 2.54. The molecule has 1 aliphatic heterocycles. The van der Waals surface area contributed by atoms with E-state index in [-0.39, 0.29) is 10.0 Å². The van der Waals surface area contributed by atoms with E-state index in [0.717, 1.165) is 31.9 Å². The fourth-order valence-electron chi connectivity index (χ4n) is 1.65. The lowest BCUT2D eigenvalue weighted by atomic mass is 10.2. The van der Waals surface area contributed by atoms with Crippen molar-refractivity contribution in [1.29, 1.82) is 0 Å². The van der Waals surface area contributed by atoms with Gasteiger partial charge in [0.05, 0.1) is 10.0 Å². The van der Waals surface area contributed by atoms with Crippen LogP contribution in [0.1, 0.15) is 0 Å². The lowest BCUT2D eigenvalue weighted by molar-refractivity contribution is 0.587. The van der Waals surface area contributed by atoms with Crippen LogP contribution >= 0.6 is 23.2 Å². The van der Waals surface area contributed by atoms with E-state index < -0.39 is 5.82 Å². The fourth-order valence-corrected chi connectivity index (χ4v) is 2.12. The highest BCUT2D eigenvalue weighted by atomic mass is 35.5. The zero-order chi connectivity index (χ0) is 10.8. The number of anilines is 1. The lowest BCUT2D eigenvalue weighted by Gasteiger charge is -2.29. The van der Waals surface area contributed by atoms with Gasteiger partial charge in [0.15, 0.2) is 5.82 Å². The Morgan fingerprint density at radius 1 is 1.13 bits per heavy atom. The molecule has 0 aliphatic carbocycles. The molecule has 0 atom stereocenters.